The fourth-order valence-electron chi connectivity index (χ4n) is 9.42. The topological polar surface area (TPSA) is 8.17 Å². The minimum atomic E-state index is -0.400. The molecule has 1 spiro atoms. The van der Waals surface area contributed by atoms with E-state index < -0.39 is 5.41 Å². The van der Waals surface area contributed by atoms with E-state index in [9.17, 15) is 0 Å². The molecule has 0 saturated carbocycles. The van der Waals surface area contributed by atoms with Gasteiger partial charge in [0.2, 0.25) is 0 Å². The van der Waals surface area contributed by atoms with Crippen molar-refractivity contribution in [2.24, 2.45) is 0 Å². The Hall–Kier alpha value is -6.64. The van der Waals surface area contributed by atoms with E-state index in [0.29, 0.717) is 0 Å². The standard InChI is InChI=1S/C50H34N2/c1-33-15-5-13-25-47(33)52-48-26-14-9-21-41(48)42-31-35(28-30-49(42)52)51(34-16-3-2-4-17-34)36-27-29-40-39-20-8-12-24-45(39)50(46(40)32-36)43-22-10-6-18-37(43)38-19-7-11-23-44(38)50/h2-32H,1H3. The van der Waals surface area contributed by atoms with Crippen LogP contribution in [-0.2, 0) is 5.41 Å². The lowest BCUT2D eigenvalue weighted by Gasteiger charge is -2.32. The van der Waals surface area contributed by atoms with Crippen LogP contribution < -0.4 is 4.90 Å². The monoisotopic (exact) mass is 662 g/mol. The minimum absolute atomic E-state index is 0.400. The number of hydrogen-bond acceptors (Lipinski definition) is 1. The van der Waals surface area contributed by atoms with Gasteiger partial charge in [0.1, 0.15) is 0 Å². The molecule has 9 aromatic rings. The number of para-hydroxylation sites is 3. The summed E-state index contributed by atoms with van der Waals surface area (Å²) < 4.78 is 2.42. The van der Waals surface area contributed by atoms with Crippen LogP contribution in [0.5, 0.6) is 0 Å². The Labute approximate surface area is 303 Å². The first kappa shape index (κ1) is 29.1. The molecule has 0 aliphatic heterocycles. The lowest BCUT2D eigenvalue weighted by Crippen LogP contribution is -2.26. The molecule has 1 heterocycles. The lowest BCUT2D eigenvalue weighted by atomic mass is 9.70. The van der Waals surface area contributed by atoms with E-state index >= 15 is 0 Å². The summed E-state index contributed by atoms with van der Waals surface area (Å²) >= 11 is 0. The van der Waals surface area contributed by atoms with Crippen LogP contribution in [0, 0.1) is 6.92 Å². The number of nitrogens with zero attached hydrogens (tertiary/aromatic N) is 2. The first-order chi connectivity index (χ1) is 25.7. The zero-order valence-electron chi connectivity index (χ0n) is 28.8. The van der Waals surface area contributed by atoms with E-state index in [2.05, 4.69) is 204 Å². The summed E-state index contributed by atoms with van der Waals surface area (Å²) in [7, 11) is 0. The zero-order chi connectivity index (χ0) is 34.4. The first-order valence-electron chi connectivity index (χ1n) is 18.1. The Morgan fingerprint density at radius 2 is 0.904 bits per heavy atom. The quantitative estimate of drug-likeness (QED) is 0.182. The Kier molecular flexibility index (Phi) is 6.12. The normalized spacial score (nSPS) is 13.2. The van der Waals surface area contributed by atoms with Gasteiger partial charge in [-0.1, -0.05) is 133 Å². The predicted molar refractivity (Wildman–Crippen MR) is 216 cm³/mol. The second-order valence-corrected chi connectivity index (χ2v) is 14.1. The van der Waals surface area contributed by atoms with Gasteiger partial charge in [-0.2, -0.15) is 0 Å². The van der Waals surface area contributed by atoms with Crippen molar-refractivity contribution in [1.29, 1.82) is 0 Å². The highest BCUT2D eigenvalue weighted by molar-refractivity contribution is 6.11. The summed E-state index contributed by atoms with van der Waals surface area (Å²) in [6.07, 6.45) is 0. The Morgan fingerprint density at radius 3 is 1.60 bits per heavy atom. The van der Waals surface area contributed by atoms with Crippen molar-refractivity contribution in [2.45, 2.75) is 12.3 Å². The molecule has 0 radical (unpaired) electrons. The third kappa shape index (κ3) is 3.84. The maximum Gasteiger partial charge on any atom is 0.0726 e. The molecular weight excluding hydrogens is 629 g/mol. The molecule has 0 unspecified atom stereocenters. The lowest BCUT2D eigenvalue weighted by molar-refractivity contribution is 0.793. The van der Waals surface area contributed by atoms with Crippen LogP contribution in [-0.4, -0.2) is 4.57 Å². The Bertz CT molecular complexity index is 2810. The molecule has 244 valence electrons. The van der Waals surface area contributed by atoms with Gasteiger partial charge < -0.3 is 9.47 Å². The van der Waals surface area contributed by atoms with Crippen LogP contribution in [0.15, 0.2) is 188 Å². The molecule has 0 fully saturated rings. The SMILES string of the molecule is Cc1ccccc1-n1c2ccccc2c2cc(N(c3ccccc3)c3ccc4c(c3)C3(c5ccccc5-c5ccccc53)c3ccccc3-4)ccc21. The number of anilines is 3. The molecule has 0 N–H and O–H groups in total. The molecule has 1 aromatic heterocycles. The fraction of sp³-hybridized carbons (Fsp3) is 0.0400. The smallest absolute Gasteiger partial charge is 0.0726 e. The van der Waals surface area contributed by atoms with Gasteiger partial charge in [-0.25, -0.2) is 0 Å². The van der Waals surface area contributed by atoms with Crippen LogP contribution in [0.1, 0.15) is 27.8 Å². The second-order valence-electron chi connectivity index (χ2n) is 14.1. The van der Waals surface area contributed by atoms with Crippen LogP contribution in [0.4, 0.5) is 17.1 Å². The molecule has 2 aliphatic rings. The summed E-state index contributed by atoms with van der Waals surface area (Å²) in [5, 5.41) is 2.49. The zero-order valence-corrected chi connectivity index (χ0v) is 28.8. The highest BCUT2D eigenvalue weighted by Crippen LogP contribution is 2.63. The van der Waals surface area contributed by atoms with Crippen molar-refractivity contribution in [1.82, 2.24) is 4.57 Å². The number of benzene rings is 8. The van der Waals surface area contributed by atoms with Gasteiger partial charge in [-0.3, -0.25) is 0 Å². The summed E-state index contributed by atoms with van der Waals surface area (Å²) in [5.41, 5.74) is 18.5. The molecular formula is C50H34N2. The number of hydrogen-bond donors (Lipinski definition) is 0. The number of aryl methyl sites for hydroxylation is 1. The van der Waals surface area contributed by atoms with E-state index in [1.165, 1.54) is 77.6 Å². The van der Waals surface area contributed by atoms with E-state index in [4.69, 9.17) is 0 Å². The van der Waals surface area contributed by atoms with Crippen molar-refractivity contribution in [3.8, 4) is 27.9 Å². The first-order valence-corrected chi connectivity index (χ1v) is 18.1. The third-order valence-corrected chi connectivity index (χ3v) is 11.5. The van der Waals surface area contributed by atoms with E-state index in [0.717, 1.165) is 17.1 Å². The van der Waals surface area contributed by atoms with Crippen LogP contribution in [0.3, 0.4) is 0 Å². The van der Waals surface area contributed by atoms with Gasteiger partial charge in [-0.15, -0.1) is 0 Å². The molecule has 2 nitrogen and oxygen atoms in total. The third-order valence-electron chi connectivity index (χ3n) is 11.5. The Balaban J connectivity index is 1.17. The van der Waals surface area contributed by atoms with Gasteiger partial charge in [-0.05, 0) is 112 Å². The van der Waals surface area contributed by atoms with E-state index in [-0.39, 0.29) is 0 Å². The van der Waals surface area contributed by atoms with Gasteiger partial charge in [0.05, 0.1) is 16.4 Å². The van der Waals surface area contributed by atoms with Crippen molar-refractivity contribution in [2.75, 3.05) is 4.90 Å². The summed E-state index contributed by atoms with van der Waals surface area (Å²) in [5.74, 6) is 0. The molecule has 2 aliphatic carbocycles. The summed E-state index contributed by atoms with van der Waals surface area (Å²) in [6.45, 7) is 2.20. The molecule has 0 saturated heterocycles. The van der Waals surface area contributed by atoms with Gasteiger partial charge in [0, 0.05) is 33.5 Å². The van der Waals surface area contributed by atoms with Crippen molar-refractivity contribution in [3.63, 3.8) is 0 Å². The van der Waals surface area contributed by atoms with Gasteiger partial charge >= 0.3 is 0 Å². The maximum absolute atomic E-state index is 2.47. The van der Waals surface area contributed by atoms with Crippen molar-refractivity contribution < 1.29 is 0 Å². The Morgan fingerprint density at radius 1 is 0.385 bits per heavy atom. The average molecular weight is 663 g/mol. The van der Waals surface area contributed by atoms with Gasteiger partial charge in [0.25, 0.3) is 0 Å². The molecule has 11 rings (SSSR count). The second kappa shape index (κ2) is 10.9. The minimum Gasteiger partial charge on any atom is -0.310 e. The highest BCUT2D eigenvalue weighted by Gasteiger charge is 2.51. The average Bonchev–Trinajstić information content (AvgIpc) is 3.80. The molecule has 52 heavy (non-hydrogen) atoms. The molecule has 0 amide bonds. The number of aromatic nitrogens is 1. The summed E-state index contributed by atoms with van der Waals surface area (Å²) in [6, 6.07) is 69.5. The summed E-state index contributed by atoms with van der Waals surface area (Å²) in [4.78, 5) is 2.43. The fourth-order valence-corrected chi connectivity index (χ4v) is 9.42. The van der Waals surface area contributed by atoms with Crippen LogP contribution >= 0.6 is 0 Å². The van der Waals surface area contributed by atoms with E-state index in [1.54, 1.807) is 0 Å². The van der Waals surface area contributed by atoms with Crippen molar-refractivity contribution >= 4 is 38.9 Å². The number of rotatable bonds is 4. The van der Waals surface area contributed by atoms with E-state index in [1.807, 2.05) is 0 Å². The molecule has 0 bridgehead atoms. The number of fused-ring (bicyclic) bond motifs is 13. The molecule has 2 heteroatoms. The highest BCUT2D eigenvalue weighted by atomic mass is 15.1. The predicted octanol–water partition coefficient (Wildman–Crippen LogP) is 12.9. The van der Waals surface area contributed by atoms with Crippen LogP contribution in [0.2, 0.25) is 0 Å². The largest absolute Gasteiger partial charge is 0.310 e. The molecule has 0 atom stereocenters. The van der Waals surface area contributed by atoms with Gasteiger partial charge in [0.15, 0.2) is 0 Å². The maximum atomic E-state index is 2.47. The molecule has 8 aromatic carbocycles. The van der Waals surface area contributed by atoms with Crippen molar-refractivity contribution in [3.05, 3.63) is 216 Å². The van der Waals surface area contributed by atoms with Crippen LogP contribution in [0.25, 0.3) is 49.7 Å².